The zero-order chi connectivity index (χ0) is 20.9. The van der Waals surface area contributed by atoms with Gasteiger partial charge in [0.05, 0.1) is 11.0 Å². The van der Waals surface area contributed by atoms with E-state index in [1.165, 1.54) is 29.2 Å². The highest BCUT2D eigenvalue weighted by atomic mass is 32.2. The molecule has 2 saturated heterocycles. The molecule has 2 heterocycles. The molecule has 2 aliphatic rings. The molecule has 0 bridgehead atoms. The number of benzene rings is 1. The summed E-state index contributed by atoms with van der Waals surface area (Å²) in [5, 5.41) is 2.70. The minimum absolute atomic E-state index is 0.0816. The Kier molecular flexibility index (Phi) is 6.99. The second-order valence-corrected chi connectivity index (χ2v) is 8.83. The number of hydrogen-bond donors (Lipinski definition) is 2. The molecule has 158 valence electrons. The molecule has 1 aromatic carbocycles. The lowest BCUT2D eigenvalue weighted by molar-refractivity contribution is -0.138. The first kappa shape index (κ1) is 21.4. The van der Waals surface area contributed by atoms with Crippen molar-refractivity contribution in [1.82, 2.24) is 14.9 Å². The van der Waals surface area contributed by atoms with Crippen LogP contribution in [0.4, 0.5) is 0 Å². The average molecular weight is 423 g/mol. The third-order valence-corrected chi connectivity index (χ3v) is 6.39. The molecule has 9 nitrogen and oxygen atoms in total. The quantitative estimate of drug-likeness (QED) is 0.438. The van der Waals surface area contributed by atoms with Crippen LogP contribution in [0.5, 0.6) is 0 Å². The van der Waals surface area contributed by atoms with Crippen LogP contribution < -0.4 is 10.0 Å². The maximum atomic E-state index is 12.3. The fourth-order valence-electron chi connectivity index (χ4n) is 3.29. The first-order chi connectivity index (χ1) is 13.9. The third kappa shape index (κ3) is 5.62. The molecule has 0 spiro atoms. The van der Waals surface area contributed by atoms with Crippen molar-refractivity contribution in [3.05, 3.63) is 29.8 Å². The van der Waals surface area contributed by atoms with Gasteiger partial charge in [-0.05, 0) is 43.5 Å². The molecule has 1 atom stereocenters. The number of likely N-dealkylation sites (tertiary alicyclic amines) is 1. The van der Waals surface area contributed by atoms with Gasteiger partial charge in [-0.15, -0.1) is 0 Å². The van der Waals surface area contributed by atoms with E-state index in [0.29, 0.717) is 25.1 Å². The van der Waals surface area contributed by atoms with E-state index in [1.54, 1.807) is 0 Å². The minimum atomic E-state index is -3.66. The Morgan fingerprint density at radius 3 is 2.45 bits per heavy atom. The predicted octanol–water partition coefficient (Wildman–Crippen LogP) is 0.413. The summed E-state index contributed by atoms with van der Waals surface area (Å²) in [5.41, 5.74) is 0.330. The molecular weight excluding hydrogens is 398 g/mol. The molecule has 3 amide bonds. The highest BCUT2D eigenvalue weighted by Gasteiger charge is 2.28. The number of carbonyl (C=O) groups excluding carboxylic acids is 3. The van der Waals surface area contributed by atoms with Gasteiger partial charge < -0.3 is 10.1 Å². The van der Waals surface area contributed by atoms with E-state index < -0.39 is 10.0 Å². The summed E-state index contributed by atoms with van der Waals surface area (Å²) in [5.74, 6) is -0.696. The summed E-state index contributed by atoms with van der Waals surface area (Å²) >= 11 is 0. The molecule has 0 aromatic heterocycles. The molecule has 3 rings (SSSR count). The van der Waals surface area contributed by atoms with Crippen molar-refractivity contribution in [2.24, 2.45) is 0 Å². The number of sulfonamides is 1. The Hall–Kier alpha value is -2.30. The Labute approximate surface area is 169 Å². The van der Waals surface area contributed by atoms with Crippen LogP contribution in [0.15, 0.2) is 29.2 Å². The van der Waals surface area contributed by atoms with E-state index in [4.69, 9.17) is 4.74 Å². The van der Waals surface area contributed by atoms with E-state index in [0.717, 1.165) is 12.8 Å². The summed E-state index contributed by atoms with van der Waals surface area (Å²) in [6.45, 7) is 1.47. The van der Waals surface area contributed by atoms with E-state index in [9.17, 15) is 22.8 Å². The Balaban J connectivity index is 1.45. The van der Waals surface area contributed by atoms with Gasteiger partial charge in [-0.2, -0.15) is 0 Å². The van der Waals surface area contributed by atoms with E-state index in [1.807, 2.05) is 0 Å². The SMILES string of the molecule is O=C(NCCCN1C(=O)CCC1=O)c1ccc(S(=O)(=O)NCC2CCCO2)cc1. The Morgan fingerprint density at radius 2 is 1.83 bits per heavy atom. The molecule has 0 aliphatic carbocycles. The van der Waals surface area contributed by atoms with Gasteiger partial charge in [0.1, 0.15) is 0 Å². The molecule has 2 aliphatic heterocycles. The van der Waals surface area contributed by atoms with Crippen LogP contribution in [0.25, 0.3) is 0 Å². The topological polar surface area (TPSA) is 122 Å². The van der Waals surface area contributed by atoms with E-state index >= 15 is 0 Å². The molecule has 0 radical (unpaired) electrons. The zero-order valence-electron chi connectivity index (χ0n) is 16.1. The van der Waals surface area contributed by atoms with Gasteiger partial charge in [-0.1, -0.05) is 0 Å². The second-order valence-electron chi connectivity index (χ2n) is 7.06. The lowest BCUT2D eigenvalue weighted by atomic mass is 10.2. The number of hydrogen-bond acceptors (Lipinski definition) is 6. The summed E-state index contributed by atoms with van der Waals surface area (Å²) in [6, 6.07) is 5.66. The van der Waals surface area contributed by atoms with Crippen LogP contribution in [0.1, 0.15) is 42.5 Å². The molecule has 2 fully saturated rings. The van der Waals surface area contributed by atoms with E-state index in [-0.39, 0.29) is 54.7 Å². The highest BCUT2D eigenvalue weighted by molar-refractivity contribution is 7.89. The first-order valence-electron chi connectivity index (χ1n) is 9.69. The lowest BCUT2D eigenvalue weighted by Gasteiger charge is -2.14. The molecule has 2 N–H and O–H groups in total. The van der Waals surface area contributed by atoms with Crippen molar-refractivity contribution >= 4 is 27.7 Å². The first-order valence-corrected chi connectivity index (χ1v) is 11.2. The van der Waals surface area contributed by atoms with Gasteiger partial charge in [0, 0.05) is 44.6 Å². The van der Waals surface area contributed by atoms with Gasteiger partial charge in [-0.3, -0.25) is 19.3 Å². The lowest BCUT2D eigenvalue weighted by Crippen LogP contribution is -2.33. The Morgan fingerprint density at radius 1 is 1.14 bits per heavy atom. The number of rotatable bonds is 9. The number of nitrogens with zero attached hydrogens (tertiary/aromatic N) is 1. The summed E-state index contributed by atoms with van der Waals surface area (Å²) in [6.07, 6.45) is 2.64. The zero-order valence-corrected chi connectivity index (χ0v) is 16.9. The fourth-order valence-corrected chi connectivity index (χ4v) is 4.36. The number of ether oxygens (including phenoxy) is 1. The maximum absolute atomic E-state index is 12.3. The van der Waals surface area contributed by atoms with Crippen LogP contribution in [0.3, 0.4) is 0 Å². The van der Waals surface area contributed by atoms with Gasteiger partial charge >= 0.3 is 0 Å². The van der Waals surface area contributed by atoms with Crippen LogP contribution in [0, 0.1) is 0 Å². The normalized spacial score (nSPS) is 19.7. The second kappa shape index (κ2) is 9.47. The van der Waals surface area contributed by atoms with Crippen LogP contribution in [-0.2, 0) is 24.3 Å². The molecule has 0 saturated carbocycles. The summed E-state index contributed by atoms with van der Waals surface area (Å²) < 4.78 is 32.6. The van der Waals surface area contributed by atoms with Gasteiger partial charge in [0.25, 0.3) is 5.91 Å². The standard InChI is InChI=1S/C19H25N3O6S/c23-17-8-9-18(24)22(17)11-2-10-20-19(25)14-4-6-16(7-5-14)29(26,27)21-13-15-3-1-12-28-15/h4-7,15,21H,1-3,8-13H2,(H,20,25). The third-order valence-electron chi connectivity index (χ3n) is 4.95. The van der Waals surface area contributed by atoms with Crippen molar-refractivity contribution in [1.29, 1.82) is 0 Å². The number of imide groups is 1. The van der Waals surface area contributed by atoms with Crippen LogP contribution in [-0.4, -0.2) is 63.4 Å². The summed E-state index contributed by atoms with van der Waals surface area (Å²) in [4.78, 5) is 36.5. The van der Waals surface area contributed by atoms with Gasteiger partial charge in [0.15, 0.2) is 0 Å². The average Bonchev–Trinajstić information content (AvgIpc) is 3.34. The molecule has 29 heavy (non-hydrogen) atoms. The van der Waals surface area contributed by atoms with Crippen molar-refractivity contribution < 1.29 is 27.5 Å². The van der Waals surface area contributed by atoms with Crippen molar-refractivity contribution in [3.8, 4) is 0 Å². The van der Waals surface area contributed by atoms with Gasteiger partial charge in [0.2, 0.25) is 21.8 Å². The molecular formula is C19H25N3O6S. The highest BCUT2D eigenvalue weighted by Crippen LogP contribution is 2.14. The largest absolute Gasteiger partial charge is 0.377 e. The maximum Gasteiger partial charge on any atom is 0.251 e. The molecule has 10 heteroatoms. The van der Waals surface area contributed by atoms with Crippen molar-refractivity contribution in [2.45, 2.75) is 43.1 Å². The minimum Gasteiger partial charge on any atom is -0.377 e. The monoisotopic (exact) mass is 423 g/mol. The molecule has 1 aromatic rings. The number of amides is 3. The van der Waals surface area contributed by atoms with Crippen LogP contribution in [0.2, 0.25) is 0 Å². The Bertz CT molecular complexity index is 846. The van der Waals surface area contributed by atoms with Crippen molar-refractivity contribution in [2.75, 3.05) is 26.2 Å². The fraction of sp³-hybridized carbons (Fsp3) is 0.526. The van der Waals surface area contributed by atoms with Crippen molar-refractivity contribution in [3.63, 3.8) is 0 Å². The van der Waals surface area contributed by atoms with Gasteiger partial charge in [-0.25, -0.2) is 13.1 Å². The number of nitrogens with one attached hydrogen (secondary N) is 2. The molecule has 1 unspecified atom stereocenters. The number of carbonyl (C=O) groups is 3. The van der Waals surface area contributed by atoms with Crippen LogP contribution >= 0.6 is 0 Å². The predicted molar refractivity (Wildman–Crippen MR) is 104 cm³/mol. The smallest absolute Gasteiger partial charge is 0.251 e. The summed E-state index contributed by atoms with van der Waals surface area (Å²) in [7, 11) is -3.66. The van der Waals surface area contributed by atoms with E-state index in [2.05, 4.69) is 10.0 Å².